The molecule has 0 N–H and O–H groups in total. The van der Waals surface area contributed by atoms with Crippen molar-refractivity contribution in [3.8, 4) is 0 Å². The predicted octanol–water partition coefficient (Wildman–Crippen LogP) is 1.99. The molecule has 0 aliphatic carbocycles. The molecule has 0 bridgehead atoms. The van der Waals surface area contributed by atoms with Gasteiger partial charge < -0.3 is 9.47 Å². The molecule has 7 nitrogen and oxygen atoms in total. The molecule has 0 saturated heterocycles. The van der Waals surface area contributed by atoms with E-state index in [2.05, 4.69) is 28.9 Å². The van der Waals surface area contributed by atoms with Gasteiger partial charge in [-0.2, -0.15) is 0 Å². The van der Waals surface area contributed by atoms with E-state index in [1.165, 1.54) is 18.9 Å². The van der Waals surface area contributed by atoms with Gasteiger partial charge in [-0.05, 0) is 12.8 Å². The van der Waals surface area contributed by atoms with Gasteiger partial charge in [-0.1, -0.05) is 31.9 Å². The third-order valence-corrected chi connectivity index (χ3v) is 3.04. The van der Waals surface area contributed by atoms with Gasteiger partial charge in [0.05, 0.1) is 20.3 Å². The summed E-state index contributed by atoms with van der Waals surface area (Å²) in [5.41, 5.74) is -0.0391. The fourth-order valence-electron chi connectivity index (χ4n) is 2.13. The van der Waals surface area contributed by atoms with Gasteiger partial charge in [0.15, 0.2) is 5.69 Å². The number of methoxy groups -OCH3 is 2. The Morgan fingerprint density at radius 2 is 1.65 bits per heavy atom. The molecule has 0 saturated carbocycles. The van der Waals surface area contributed by atoms with E-state index in [1.807, 2.05) is 0 Å². The minimum Gasteiger partial charge on any atom is -0.464 e. The fraction of sp³-hybridized carbons (Fsp3) is 0.692. The van der Waals surface area contributed by atoms with Crippen molar-refractivity contribution in [3.05, 3.63) is 11.4 Å². The maximum absolute atomic E-state index is 11.9. The van der Waals surface area contributed by atoms with Gasteiger partial charge in [0.1, 0.15) is 0 Å². The lowest BCUT2D eigenvalue weighted by Crippen LogP contribution is -2.20. The number of nitrogens with zero attached hydrogens (tertiary/aromatic N) is 3. The van der Waals surface area contributed by atoms with Gasteiger partial charge >= 0.3 is 11.9 Å². The Morgan fingerprint density at radius 3 is 2.10 bits per heavy atom. The highest BCUT2D eigenvalue weighted by Gasteiger charge is 2.29. The van der Waals surface area contributed by atoms with Crippen LogP contribution in [-0.2, 0) is 9.47 Å². The fourth-order valence-corrected chi connectivity index (χ4v) is 2.13. The maximum Gasteiger partial charge on any atom is 0.361 e. The smallest absolute Gasteiger partial charge is 0.361 e. The molecule has 0 aromatic carbocycles. The second-order valence-electron chi connectivity index (χ2n) is 4.45. The third kappa shape index (κ3) is 3.34. The van der Waals surface area contributed by atoms with Gasteiger partial charge in [0.25, 0.3) is 0 Å². The normalized spacial score (nSPS) is 10.7. The van der Waals surface area contributed by atoms with Crippen molar-refractivity contribution < 1.29 is 19.1 Å². The summed E-state index contributed by atoms with van der Waals surface area (Å²) in [6.45, 7) is 4.11. The number of aromatic nitrogens is 3. The van der Waals surface area contributed by atoms with Crippen LogP contribution in [0.4, 0.5) is 0 Å². The first-order valence-corrected chi connectivity index (χ1v) is 6.72. The molecule has 1 aromatic heterocycles. The zero-order valence-corrected chi connectivity index (χ0v) is 12.4. The predicted molar refractivity (Wildman–Crippen MR) is 71.6 cm³/mol. The van der Waals surface area contributed by atoms with Crippen molar-refractivity contribution in [1.82, 2.24) is 15.0 Å². The van der Waals surface area contributed by atoms with Crippen molar-refractivity contribution in [2.75, 3.05) is 14.2 Å². The van der Waals surface area contributed by atoms with Gasteiger partial charge in [-0.15, -0.1) is 5.10 Å². The Balaban J connectivity index is 3.27. The van der Waals surface area contributed by atoms with E-state index in [-0.39, 0.29) is 17.4 Å². The number of carbonyl (C=O) groups is 2. The molecule has 0 amide bonds. The number of rotatable bonds is 7. The monoisotopic (exact) mass is 283 g/mol. The molecular weight excluding hydrogens is 262 g/mol. The highest BCUT2D eigenvalue weighted by molar-refractivity contribution is 6.00. The van der Waals surface area contributed by atoms with Gasteiger partial charge in [-0.3, -0.25) is 0 Å². The van der Waals surface area contributed by atoms with Crippen LogP contribution in [-0.4, -0.2) is 41.2 Å². The lowest BCUT2D eigenvalue weighted by Gasteiger charge is -2.17. The van der Waals surface area contributed by atoms with Crippen LogP contribution < -0.4 is 0 Å². The molecule has 0 unspecified atom stereocenters. The molecule has 0 aliphatic heterocycles. The van der Waals surface area contributed by atoms with Crippen molar-refractivity contribution in [2.45, 2.75) is 45.6 Å². The molecule has 0 radical (unpaired) electrons. The summed E-state index contributed by atoms with van der Waals surface area (Å²) in [7, 11) is 2.49. The van der Waals surface area contributed by atoms with Crippen LogP contribution in [0.25, 0.3) is 0 Å². The summed E-state index contributed by atoms with van der Waals surface area (Å²) in [6.07, 6.45) is 3.58. The van der Waals surface area contributed by atoms with E-state index in [0.29, 0.717) is 0 Å². The molecule has 0 spiro atoms. The molecule has 1 heterocycles. The molecule has 20 heavy (non-hydrogen) atoms. The average Bonchev–Trinajstić information content (AvgIpc) is 2.90. The summed E-state index contributed by atoms with van der Waals surface area (Å²) in [4.78, 5) is 23.6. The molecule has 112 valence electrons. The second kappa shape index (κ2) is 7.62. The molecule has 1 aromatic rings. The lowest BCUT2D eigenvalue weighted by atomic mass is 10.1. The van der Waals surface area contributed by atoms with E-state index < -0.39 is 11.9 Å². The minimum atomic E-state index is -0.691. The number of hydrogen-bond donors (Lipinski definition) is 0. The average molecular weight is 283 g/mol. The van der Waals surface area contributed by atoms with E-state index in [9.17, 15) is 9.59 Å². The Bertz CT molecular complexity index is 464. The first-order valence-electron chi connectivity index (χ1n) is 6.72. The summed E-state index contributed by atoms with van der Waals surface area (Å²) >= 11 is 0. The summed E-state index contributed by atoms with van der Waals surface area (Å²) in [6, 6.07) is 0.0185. The summed E-state index contributed by atoms with van der Waals surface area (Å²) in [5.74, 6) is -1.32. The van der Waals surface area contributed by atoms with E-state index >= 15 is 0 Å². The van der Waals surface area contributed by atoms with Crippen LogP contribution in [0.15, 0.2) is 0 Å². The first-order chi connectivity index (χ1) is 9.60. The van der Waals surface area contributed by atoms with Gasteiger partial charge in [-0.25, -0.2) is 14.3 Å². The van der Waals surface area contributed by atoms with Crippen LogP contribution in [0.5, 0.6) is 0 Å². The second-order valence-corrected chi connectivity index (χ2v) is 4.45. The summed E-state index contributed by atoms with van der Waals surface area (Å²) in [5, 5.41) is 7.74. The maximum atomic E-state index is 11.9. The van der Waals surface area contributed by atoms with Gasteiger partial charge in [0.2, 0.25) is 5.69 Å². The molecular formula is C13H21N3O4. The number of ether oxygens (including phenoxy) is 2. The largest absolute Gasteiger partial charge is 0.464 e. The first kappa shape index (κ1) is 16.1. The number of hydrogen-bond acceptors (Lipinski definition) is 6. The topological polar surface area (TPSA) is 83.3 Å². The molecule has 0 atom stereocenters. The van der Waals surface area contributed by atoms with Crippen LogP contribution in [0.2, 0.25) is 0 Å². The quantitative estimate of drug-likeness (QED) is 0.712. The van der Waals surface area contributed by atoms with Crippen LogP contribution in [0.1, 0.15) is 66.5 Å². The summed E-state index contributed by atoms with van der Waals surface area (Å²) < 4.78 is 10.8. The van der Waals surface area contributed by atoms with Crippen molar-refractivity contribution >= 4 is 11.9 Å². The Kier molecular flexibility index (Phi) is 6.14. The Labute approximate surface area is 118 Å². The number of esters is 2. The van der Waals surface area contributed by atoms with Gasteiger partial charge in [0, 0.05) is 0 Å². The zero-order valence-electron chi connectivity index (χ0n) is 12.4. The van der Waals surface area contributed by atoms with Crippen LogP contribution >= 0.6 is 0 Å². The highest BCUT2D eigenvalue weighted by Crippen LogP contribution is 2.22. The Hall–Kier alpha value is -1.92. The zero-order chi connectivity index (χ0) is 15.1. The van der Waals surface area contributed by atoms with Crippen molar-refractivity contribution in [2.24, 2.45) is 0 Å². The highest BCUT2D eigenvalue weighted by atomic mass is 16.5. The van der Waals surface area contributed by atoms with E-state index in [4.69, 9.17) is 4.74 Å². The standard InChI is InChI=1S/C13H21N3O4/c1-5-7-9(8-6-2)16-11(13(18)20-4)10(14-15-16)12(17)19-3/h9H,5-8H2,1-4H3. The minimum absolute atomic E-state index is 0.0185. The lowest BCUT2D eigenvalue weighted by molar-refractivity contribution is 0.0541. The van der Waals surface area contributed by atoms with Crippen LogP contribution in [0, 0.1) is 0 Å². The van der Waals surface area contributed by atoms with Crippen molar-refractivity contribution in [3.63, 3.8) is 0 Å². The SMILES string of the molecule is CCCC(CCC)n1nnc(C(=O)OC)c1C(=O)OC. The molecule has 7 heteroatoms. The van der Waals surface area contributed by atoms with Crippen LogP contribution in [0.3, 0.4) is 0 Å². The molecule has 1 rings (SSSR count). The van der Waals surface area contributed by atoms with Crippen molar-refractivity contribution in [1.29, 1.82) is 0 Å². The Morgan fingerprint density at radius 1 is 1.10 bits per heavy atom. The number of carbonyl (C=O) groups excluding carboxylic acids is 2. The van der Waals surface area contributed by atoms with E-state index in [0.717, 1.165) is 25.7 Å². The third-order valence-electron chi connectivity index (χ3n) is 3.04. The van der Waals surface area contributed by atoms with E-state index in [1.54, 1.807) is 0 Å². The molecule has 0 aliphatic rings. The molecule has 0 fully saturated rings.